The highest BCUT2D eigenvalue weighted by Crippen LogP contribution is 2.39. The summed E-state index contributed by atoms with van der Waals surface area (Å²) in [5.74, 6) is 0.265. The summed E-state index contributed by atoms with van der Waals surface area (Å²) in [5, 5.41) is 0. The third kappa shape index (κ3) is 5.20. The number of carbonyl (C=O) groups is 2. The van der Waals surface area contributed by atoms with Gasteiger partial charge in [0.15, 0.2) is 0 Å². The van der Waals surface area contributed by atoms with E-state index in [0.29, 0.717) is 6.42 Å². The van der Waals surface area contributed by atoms with Gasteiger partial charge in [-0.15, -0.1) is 0 Å². The molecular formula is C27H40BNO5. The first-order chi connectivity index (χ1) is 15.8. The van der Waals surface area contributed by atoms with Crippen molar-refractivity contribution in [2.75, 3.05) is 0 Å². The Balaban J connectivity index is 1.37. The highest BCUT2D eigenvalue weighted by molar-refractivity contribution is 6.62. The molecule has 3 saturated heterocycles. The predicted molar refractivity (Wildman–Crippen MR) is 133 cm³/mol. The van der Waals surface area contributed by atoms with Gasteiger partial charge in [-0.25, -0.2) is 4.79 Å². The molecule has 0 radical (unpaired) electrons. The molecule has 3 fully saturated rings. The second-order valence-electron chi connectivity index (χ2n) is 12.3. The maximum Gasteiger partial charge on any atom is 0.494 e. The van der Waals surface area contributed by atoms with Crippen molar-refractivity contribution in [3.05, 3.63) is 29.8 Å². The Bertz CT molecular complexity index is 890. The number of amides is 1. The fourth-order valence-electron chi connectivity index (χ4n) is 5.37. The van der Waals surface area contributed by atoms with Crippen molar-refractivity contribution in [2.45, 2.75) is 116 Å². The van der Waals surface area contributed by atoms with E-state index in [4.69, 9.17) is 14.0 Å². The molecule has 3 aliphatic heterocycles. The Labute approximate surface area is 204 Å². The molecule has 2 unspecified atom stereocenters. The van der Waals surface area contributed by atoms with Gasteiger partial charge in [0.05, 0.1) is 11.2 Å². The predicted octanol–water partition coefficient (Wildman–Crippen LogP) is 4.67. The maximum absolute atomic E-state index is 13.2. The number of fused-ring (bicyclic) bond motifs is 2. The van der Waals surface area contributed by atoms with Gasteiger partial charge in [-0.1, -0.05) is 24.3 Å². The molecule has 4 rings (SSSR count). The van der Waals surface area contributed by atoms with Crippen molar-refractivity contribution in [1.29, 1.82) is 0 Å². The Hall–Kier alpha value is -1.86. The molecule has 0 spiro atoms. The Morgan fingerprint density at radius 1 is 1.00 bits per heavy atom. The van der Waals surface area contributed by atoms with Crippen LogP contribution in [0.25, 0.3) is 0 Å². The molecular weight excluding hydrogens is 429 g/mol. The molecule has 2 bridgehead atoms. The van der Waals surface area contributed by atoms with Gasteiger partial charge in [0.2, 0.25) is 0 Å². The lowest BCUT2D eigenvalue weighted by Gasteiger charge is -2.48. The van der Waals surface area contributed by atoms with Gasteiger partial charge < -0.3 is 18.9 Å². The molecule has 2 atom stereocenters. The quantitative estimate of drug-likeness (QED) is 0.600. The minimum absolute atomic E-state index is 0.00300. The summed E-state index contributed by atoms with van der Waals surface area (Å²) in [4.78, 5) is 28.0. The van der Waals surface area contributed by atoms with Crippen molar-refractivity contribution >= 4 is 24.5 Å². The highest BCUT2D eigenvalue weighted by atomic mass is 16.7. The van der Waals surface area contributed by atoms with Gasteiger partial charge in [0.25, 0.3) is 0 Å². The number of hydrogen-bond acceptors (Lipinski definition) is 5. The third-order valence-corrected chi connectivity index (χ3v) is 7.92. The zero-order valence-corrected chi connectivity index (χ0v) is 21.8. The van der Waals surface area contributed by atoms with Crippen LogP contribution in [0.3, 0.4) is 0 Å². The Kier molecular flexibility index (Phi) is 6.67. The zero-order chi connectivity index (χ0) is 24.9. The molecule has 6 nitrogen and oxygen atoms in total. The van der Waals surface area contributed by atoms with E-state index in [9.17, 15) is 9.59 Å². The third-order valence-electron chi connectivity index (χ3n) is 7.92. The van der Waals surface area contributed by atoms with Gasteiger partial charge in [-0.2, -0.15) is 0 Å². The van der Waals surface area contributed by atoms with E-state index in [0.717, 1.165) is 43.1 Å². The molecule has 0 N–H and O–H groups in total. The summed E-state index contributed by atoms with van der Waals surface area (Å²) in [5.41, 5.74) is 0.710. The van der Waals surface area contributed by atoms with Crippen molar-refractivity contribution in [1.82, 2.24) is 4.90 Å². The summed E-state index contributed by atoms with van der Waals surface area (Å²) in [7, 11) is -0.397. The van der Waals surface area contributed by atoms with Gasteiger partial charge in [0.1, 0.15) is 11.4 Å². The van der Waals surface area contributed by atoms with Crippen LogP contribution in [0.4, 0.5) is 4.79 Å². The van der Waals surface area contributed by atoms with Crippen LogP contribution in [0.2, 0.25) is 0 Å². The molecule has 1 amide bonds. The van der Waals surface area contributed by atoms with Crippen LogP contribution in [0, 0.1) is 5.92 Å². The van der Waals surface area contributed by atoms with Crippen LogP contribution < -0.4 is 5.46 Å². The van der Waals surface area contributed by atoms with E-state index in [-0.39, 0.29) is 41.1 Å². The average molecular weight is 469 g/mol. The lowest BCUT2D eigenvalue weighted by molar-refractivity contribution is -0.126. The number of benzene rings is 1. The van der Waals surface area contributed by atoms with E-state index < -0.39 is 12.7 Å². The lowest BCUT2D eigenvalue weighted by atomic mass is 9.75. The van der Waals surface area contributed by atoms with Crippen molar-refractivity contribution < 1.29 is 23.6 Å². The van der Waals surface area contributed by atoms with Crippen LogP contribution in [-0.4, -0.2) is 52.8 Å². The van der Waals surface area contributed by atoms with Gasteiger partial charge >= 0.3 is 13.2 Å². The van der Waals surface area contributed by atoms with Crippen molar-refractivity contribution in [3.63, 3.8) is 0 Å². The van der Waals surface area contributed by atoms with Crippen molar-refractivity contribution in [2.24, 2.45) is 5.92 Å². The molecule has 1 aromatic carbocycles. The number of nitrogens with zero attached hydrogens (tertiary/aromatic N) is 1. The summed E-state index contributed by atoms with van der Waals surface area (Å²) in [6, 6.07) is 8.23. The largest absolute Gasteiger partial charge is 0.494 e. The fourth-order valence-corrected chi connectivity index (χ4v) is 5.37. The van der Waals surface area contributed by atoms with Crippen LogP contribution in [0.15, 0.2) is 24.3 Å². The smallest absolute Gasteiger partial charge is 0.444 e. The molecule has 3 heterocycles. The van der Waals surface area contributed by atoms with E-state index in [1.165, 1.54) is 0 Å². The van der Waals surface area contributed by atoms with E-state index in [1.54, 1.807) is 0 Å². The number of piperidine rings is 2. The lowest BCUT2D eigenvalue weighted by Crippen LogP contribution is -2.56. The minimum atomic E-state index is -0.510. The monoisotopic (exact) mass is 469 g/mol. The van der Waals surface area contributed by atoms with Crippen LogP contribution in [-0.2, 0) is 25.3 Å². The van der Waals surface area contributed by atoms with Crippen LogP contribution in [0.5, 0.6) is 0 Å². The SMILES string of the molecule is CC(C)(C)OC(=O)N1C2CCCC1CC(C(=O)Cc1ccc(B3OC(C)(C)C(C)(C)O3)cc1)C2. The molecule has 0 saturated carbocycles. The fraction of sp³-hybridized carbons (Fsp3) is 0.704. The number of rotatable bonds is 4. The minimum Gasteiger partial charge on any atom is -0.444 e. The number of carbonyl (C=O) groups excluding carboxylic acids is 2. The first-order valence-electron chi connectivity index (χ1n) is 12.7. The number of ether oxygens (including phenoxy) is 1. The summed E-state index contributed by atoms with van der Waals surface area (Å²) in [6.45, 7) is 13.9. The van der Waals surface area contributed by atoms with Gasteiger partial charge in [-0.05, 0) is 91.6 Å². The summed E-state index contributed by atoms with van der Waals surface area (Å²) >= 11 is 0. The Morgan fingerprint density at radius 2 is 1.53 bits per heavy atom. The average Bonchev–Trinajstić information content (AvgIpc) is 2.93. The number of Topliss-reactive ketones (excluding diaryl/α,β-unsaturated/α-hetero) is 1. The van der Waals surface area contributed by atoms with Crippen molar-refractivity contribution in [3.8, 4) is 0 Å². The molecule has 3 aliphatic rings. The highest BCUT2D eigenvalue weighted by Gasteiger charge is 2.51. The summed E-state index contributed by atoms with van der Waals surface area (Å²) < 4.78 is 17.9. The van der Waals surface area contributed by atoms with Crippen LogP contribution in [0.1, 0.15) is 86.1 Å². The second kappa shape index (κ2) is 8.98. The first kappa shape index (κ1) is 25.2. The first-order valence-corrected chi connectivity index (χ1v) is 12.7. The standard InChI is InChI=1S/C27H40BNO5/c1-25(2,3)32-24(31)29-21-9-8-10-22(29)17-19(16-21)23(30)15-18-11-13-20(14-12-18)28-33-26(4,5)27(6,7)34-28/h11-14,19,21-22H,8-10,15-17H2,1-7H3. The second-order valence-corrected chi connectivity index (χ2v) is 12.3. The number of hydrogen-bond donors (Lipinski definition) is 0. The van der Waals surface area contributed by atoms with Gasteiger partial charge in [-0.3, -0.25) is 4.79 Å². The van der Waals surface area contributed by atoms with E-state index in [2.05, 4.69) is 0 Å². The molecule has 186 valence electrons. The zero-order valence-electron chi connectivity index (χ0n) is 21.8. The van der Waals surface area contributed by atoms with E-state index in [1.807, 2.05) is 77.6 Å². The molecule has 1 aromatic rings. The molecule has 0 aromatic heterocycles. The molecule has 34 heavy (non-hydrogen) atoms. The Morgan fingerprint density at radius 3 is 2.03 bits per heavy atom. The molecule has 0 aliphatic carbocycles. The summed E-state index contributed by atoms with van der Waals surface area (Å²) in [6.07, 6.45) is 4.66. The van der Waals surface area contributed by atoms with E-state index >= 15 is 0 Å². The van der Waals surface area contributed by atoms with Crippen LogP contribution >= 0.6 is 0 Å². The normalized spacial score (nSPS) is 28.0. The number of ketones is 1. The maximum atomic E-state index is 13.2. The topological polar surface area (TPSA) is 65.1 Å². The molecule has 7 heteroatoms. The van der Waals surface area contributed by atoms with Gasteiger partial charge in [0, 0.05) is 24.4 Å².